The molecule has 0 radical (unpaired) electrons. The van der Waals surface area contributed by atoms with Crippen LogP contribution in [0, 0.1) is 0 Å². The molecule has 2 rings (SSSR count). The first-order valence-corrected chi connectivity index (χ1v) is 7.66. The Morgan fingerprint density at radius 3 is 2.50 bits per heavy atom. The van der Waals surface area contributed by atoms with Crippen molar-refractivity contribution in [2.45, 2.75) is 24.2 Å². The highest BCUT2D eigenvalue weighted by atomic mass is 32.2. The summed E-state index contributed by atoms with van der Waals surface area (Å²) in [6, 6.07) is 3.29. The van der Waals surface area contributed by atoms with E-state index in [4.69, 9.17) is 15.2 Å². The normalized spacial score (nSPS) is 15.7. The van der Waals surface area contributed by atoms with E-state index in [2.05, 4.69) is 0 Å². The summed E-state index contributed by atoms with van der Waals surface area (Å²) >= 11 is 0. The van der Waals surface area contributed by atoms with Crippen LogP contribution in [0.2, 0.25) is 0 Å². The highest BCUT2D eigenvalue weighted by molar-refractivity contribution is 7.90. The fourth-order valence-electron chi connectivity index (χ4n) is 2.05. The molecule has 1 heterocycles. The molecule has 0 saturated heterocycles. The van der Waals surface area contributed by atoms with Crippen molar-refractivity contribution >= 4 is 9.84 Å². The molecule has 0 aliphatic carbocycles. The Labute approximate surface area is 107 Å². The lowest BCUT2D eigenvalue weighted by Gasteiger charge is -2.15. The first-order valence-electron chi connectivity index (χ1n) is 5.77. The van der Waals surface area contributed by atoms with Gasteiger partial charge >= 0.3 is 0 Å². The molecule has 6 heteroatoms. The minimum absolute atomic E-state index is 0.0641. The van der Waals surface area contributed by atoms with Crippen LogP contribution < -0.4 is 15.2 Å². The molecule has 0 fully saturated rings. The predicted molar refractivity (Wildman–Crippen MR) is 67.8 cm³/mol. The second-order valence-corrected chi connectivity index (χ2v) is 6.48. The van der Waals surface area contributed by atoms with E-state index in [1.165, 1.54) is 6.26 Å². The van der Waals surface area contributed by atoms with Gasteiger partial charge in [0.2, 0.25) is 6.79 Å². The molecule has 0 spiro atoms. The van der Waals surface area contributed by atoms with Crippen LogP contribution in [0.15, 0.2) is 17.0 Å². The van der Waals surface area contributed by atoms with Gasteiger partial charge in [0.25, 0.3) is 0 Å². The summed E-state index contributed by atoms with van der Waals surface area (Å²) in [6.07, 6.45) is 1.92. The third kappa shape index (κ3) is 2.44. The summed E-state index contributed by atoms with van der Waals surface area (Å²) in [4.78, 5) is 0.299. The molecule has 5 nitrogen and oxygen atoms in total. The van der Waals surface area contributed by atoms with Gasteiger partial charge in [-0.1, -0.05) is 6.92 Å². The Bertz CT molecular complexity index is 553. The van der Waals surface area contributed by atoms with Gasteiger partial charge in [0.1, 0.15) is 0 Å². The third-order valence-corrected chi connectivity index (χ3v) is 4.19. The number of fused-ring (bicyclic) bond motifs is 1. The molecule has 1 unspecified atom stereocenters. The molecule has 0 saturated carbocycles. The molecule has 1 aliphatic heterocycles. The summed E-state index contributed by atoms with van der Waals surface area (Å²) in [5.74, 6) is 1.15. The average molecular weight is 271 g/mol. The number of ether oxygens (including phenoxy) is 2. The molecule has 0 bridgehead atoms. The van der Waals surface area contributed by atoms with Gasteiger partial charge in [-0.15, -0.1) is 0 Å². The van der Waals surface area contributed by atoms with E-state index in [0.29, 0.717) is 22.9 Å². The van der Waals surface area contributed by atoms with Crippen LogP contribution in [0.3, 0.4) is 0 Å². The number of hydrogen-bond donors (Lipinski definition) is 1. The first kappa shape index (κ1) is 13.2. The van der Waals surface area contributed by atoms with E-state index >= 15 is 0 Å². The van der Waals surface area contributed by atoms with Gasteiger partial charge in [-0.3, -0.25) is 0 Å². The lowest BCUT2D eigenvalue weighted by Crippen LogP contribution is -2.09. The van der Waals surface area contributed by atoms with E-state index in [9.17, 15) is 8.42 Å². The number of benzene rings is 1. The maximum absolute atomic E-state index is 11.8. The molecule has 2 N–H and O–H groups in total. The van der Waals surface area contributed by atoms with E-state index < -0.39 is 9.84 Å². The highest BCUT2D eigenvalue weighted by Gasteiger charge is 2.24. The van der Waals surface area contributed by atoms with Crippen LogP contribution in [0.5, 0.6) is 11.5 Å². The van der Waals surface area contributed by atoms with E-state index in [-0.39, 0.29) is 12.7 Å². The molecule has 1 aromatic rings. The Kier molecular flexibility index (Phi) is 3.49. The maximum Gasteiger partial charge on any atom is 0.231 e. The van der Waals surface area contributed by atoms with E-state index in [0.717, 1.165) is 12.0 Å². The Morgan fingerprint density at radius 2 is 1.94 bits per heavy atom. The summed E-state index contributed by atoms with van der Waals surface area (Å²) < 4.78 is 34.2. The molecular weight excluding hydrogens is 254 g/mol. The van der Waals surface area contributed by atoms with Gasteiger partial charge in [0.05, 0.1) is 4.90 Å². The van der Waals surface area contributed by atoms with E-state index in [1.54, 1.807) is 12.1 Å². The van der Waals surface area contributed by atoms with Gasteiger partial charge in [-0.05, 0) is 30.5 Å². The van der Waals surface area contributed by atoms with Crippen molar-refractivity contribution < 1.29 is 17.9 Å². The van der Waals surface area contributed by atoms with Gasteiger partial charge < -0.3 is 15.2 Å². The van der Waals surface area contributed by atoms with Crippen LogP contribution in [0.4, 0.5) is 0 Å². The van der Waals surface area contributed by atoms with Crippen LogP contribution in [0.25, 0.3) is 0 Å². The van der Waals surface area contributed by atoms with E-state index in [1.807, 2.05) is 6.92 Å². The van der Waals surface area contributed by atoms with Crippen molar-refractivity contribution in [1.82, 2.24) is 0 Å². The lowest BCUT2D eigenvalue weighted by molar-refractivity contribution is 0.174. The summed E-state index contributed by atoms with van der Waals surface area (Å²) in [7, 11) is -3.29. The Balaban J connectivity index is 2.55. The second-order valence-electron chi connectivity index (χ2n) is 4.49. The van der Waals surface area contributed by atoms with Crippen molar-refractivity contribution in [2.24, 2.45) is 5.73 Å². The molecule has 18 heavy (non-hydrogen) atoms. The van der Waals surface area contributed by atoms with Crippen LogP contribution in [-0.4, -0.2) is 28.0 Å². The minimum atomic E-state index is -3.29. The zero-order chi connectivity index (χ0) is 13.3. The monoisotopic (exact) mass is 271 g/mol. The summed E-state index contributed by atoms with van der Waals surface area (Å²) in [6.45, 7) is 2.60. The number of nitrogens with two attached hydrogens (primary N) is 1. The molecule has 0 amide bonds. The Morgan fingerprint density at radius 1 is 1.33 bits per heavy atom. The van der Waals surface area contributed by atoms with Crippen molar-refractivity contribution in [1.29, 1.82) is 0 Å². The zero-order valence-electron chi connectivity index (χ0n) is 10.5. The van der Waals surface area contributed by atoms with Crippen molar-refractivity contribution in [2.75, 3.05) is 19.6 Å². The number of sulfone groups is 1. The molecule has 1 atom stereocenters. The number of hydrogen-bond acceptors (Lipinski definition) is 5. The zero-order valence-corrected chi connectivity index (χ0v) is 11.3. The smallest absolute Gasteiger partial charge is 0.231 e. The van der Waals surface area contributed by atoms with Crippen LogP contribution in [0.1, 0.15) is 24.8 Å². The van der Waals surface area contributed by atoms with Crippen molar-refractivity contribution in [3.63, 3.8) is 0 Å². The molecule has 1 aromatic carbocycles. The first-order chi connectivity index (χ1) is 8.43. The Hall–Kier alpha value is -1.27. The van der Waals surface area contributed by atoms with Crippen molar-refractivity contribution in [3.05, 3.63) is 17.7 Å². The topological polar surface area (TPSA) is 78.6 Å². The lowest BCUT2D eigenvalue weighted by atomic mass is 9.97. The average Bonchev–Trinajstić information content (AvgIpc) is 2.73. The van der Waals surface area contributed by atoms with Crippen LogP contribution >= 0.6 is 0 Å². The molecule has 0 aromatic heterocycles. The minimum Gasteiger partial charge on any atom is -0.454 e. The van der Waals surface area contributed by atoms with Gasteiger partial charge in [-0.25, -0.2) is 8.42 Å². The maximum atomic E-state index is 11.8. The molecule has 1 aliphatic rings. The summed E-state index contributed by atoms with van der Waals surface area (Å²) in [5, 5.41) is 0. The quantitative estimate of drug-likeness (QED) is 0.892. The highest BCUT2D eigenvalue weighted by Crippen LogP contribution is 2.39. The van der Waals surface area contributed by atoms with Gasteiger partial charge in [0.15, 0.2) is 21.3 Å². The molecule has 100 valence electrons. The number of rotatable bonds is 4. The second kappa shape index (κ2) is 4.78. The van der Waals surface area contributed by atoms with Gasteiger partial charge in [0, 0.05) is 12.3 Å². The predicted octanol–water partition coefficient (Wildman–Crippen LogP) is 1.27. The van der Waals surface area contributed by atoms with Gasteiger partial charge in [-0.2, -0.15) is 0 Å². The summed E-state index contributed by atoms with van der Waals surface area (Å²) in [5.41, 5.74) is 6.28. The van der Waals surface area contributed by atoms with Crippen LogP contribution in [-0.2, 0) is 9.84 Å². The SMILES string of the molecule is CC(CCN)c1cc2c(cc1S(C)(=O)=O)OCO2. The largest absolute Gasteiger partial charge is 0.454 e. The fourth-order valence-corrected chi connectivity index (χ4v) is 3.06. The molecular formula is C12H17NO4S. The standard InChI is InChI=1S/C12H17NO4S/c1-8(3-4-13)9-5-10-11(17-7-16-10)6-12(9)18(2,14)15/h5-6,8H,3-4,7,13H2,1-2H3. The fraction of sp³-hybridized carbons (Fsp3) is 0.500. The van der Waals surface area contributed by atoms with Crippen molar-refractivity contribution in [3.8, 4) is 11.5 Å². The third-order valence-electron chi connectivity index (χ3n) is 3.04.